The fraction of sp³-hybridized carbons (Fsp3) is 0.550. The number of likely N-dealkylation sites (tertiary alicyclic amines) is 1. The van der Waals surface area contributed by atoms with Crippen molar-refractivity contribution in [3.8, 4) is 0 Å². The summed E-state index contributed by atoms with van der Waals surface area (Å²) in [6.07, 6.45) is 8.93. The van der Waals surface area contributed by atoms with Crippen LogP contribution in [-0.2, 0) is 12.8 Å². The molecule has 1 fully saturated rings. The van der Waals surface area contributed by atoms with Gasteiger partial charge >= 0.3 is 0 Å². The second-order valence-corrected chi connectivity index (χ2v) is 6.97. The van der Waals surface area contributed by atoms with E-state index in [0.717, 1.165) is 18.5 Å². The molecule has 23 heavy (non-hydrogen) atoms. The zero-order valence-corrected chi connectivity index (χ0v) is 14.0. The third-order valence-electron chi connectivity index (χ3n) is 5.32. The zero-order chi connectivity index (χ0) is 15.5. The molecule has 0 radical (unpaired) electrons. The van der Waals surface area contributed by atoms with E-state index in [4.69, 9.17) is 4.98 Å². The molecule has 1 aromatic carbocycles. The number of fused-ring (bicyclic) bond motifs is 2. The van der Waals surface area contributed by atoms with Crippen LogP contribution in [-0.4, -0.2) is 36.1 Å². The van der Waals surface area contributed by atoms with Crippen molar-refractivity contribution >= 4 is 16.6 Å². The summed E-state index contributed by atoms with van der Waals surface area (Å²) in [5.41, 5.74) is 5.31. The molecule has 1 aliphatic heterocycles. The van der Waals surface area contributed by atoms with Crippen molar-refractivity contribution in [2.45, 2.75) is 44.9 Å². The van der Waals surface area contributed by atoms with E-state index in [-0.39, 0.29) is 0 Å². The number of hydrogen-bond acceptors (Lipinski definition) is 3. The Morgan fingerprint density at radius 1 is 1.00 bits per heavy atom. The quantitative estimate of drug-likeness (QED) is 0.817. The largest absolute Gasteiger partial charge is 0.384 e. The van der Waals surface area contributed by atoms with Gasteiger partial charge in [-0.15, -0.1) is 0 Å². The lowest BCUT2D eigenvalue weighted by Crippen LogP contribution is -2.21. The highest BCUT2D eigenvalue weighted by Crippen LogP contribution is 2.33. The van der Waals surface area contributed by atoms with E-state index in [1.807, 2.05) is 0 Å². The molecule has 0 atom stereocenters. The maximum absolute atomic E-state index is 4.87. The number of rotatable bonds is 6. The first-order valence-corrected chi connectivity index (χ1v) is 9.28. The Morgan fingerprint density at radius 3 is 2.78 bits per heavy atom. The Balaban J connectivity index is 1.41. The van der Waals surface area contributed by atoms with Crippen LogP contribution in [0.3, 0.4) is 0 Å². The first-order valence-electron chi connectivity index (χ1n) is 9.28. The molecule has 1 N–H and O–H groups in total. The van der Waals surface area contributed by atoms with E-state index in [1.54, 1.807) is 0 Å². The van der Waals surface area contributed by atoms with Crippen LogP contribution in [0.25, 0.3) is 10.9 Å². The minimum Gasteiger partial charge on any atom is -0.384 e. The van der Waals surface area contributed by atoms with Gasteiger partial charge in [0.15, 0.2) is 0 Å². The van der Waals surface area contributed by atoms with Crippen molar-refractivity contribution < 1.29 is 0 Å². The highest BCUT2D eigenvalue weighted by atomic mass is 15.1. The predicted octanol–water partition coefficient (Wildman–Crippen LogP) is 4.01. The van der Waals surface area contributed by atoms with Gasteiger partial charge in [-0.1, -0.05) is 18.2 Å². The SMILES string of the molecule is c1ccc2c(NCCCCN3CCCC3)c3c(nc2c1)CCC3. The Hall–Kier alpha value is -1.61. The molecule has 0 saturated carbocycles. The summed E-state index contributed by atoms with van der Waals surface area (Å²) >= 11 is 0. The van der Waals surface area contributed by atoms with Crippen molar-refractivity contribution in [2.75, 3.05) is 31.5 Å². The molecule has 2 aliphatic rings. The van der Waals surface area contributed by atoms with Gasteiger partial charge in [0.1, 0.15) is 0 Å². The standard InChI is InChI=1S/C20H27N3/c1-2-10-18-16(8-1)20(17-9-7-11-19(17)22-18)21-12-3-4-13-23-14-5-6-15-23/h1-2,8,10H,3-7,9,11-15H2,(H,21,22). The summed E-state index contributed by atoms with van der Waals surface area (Å²) in [5, 5.41) is 5.05. The molecule has 3 heteroatoms. The van der Waals surface area contributed by atoms with Crippen LogP contribution in [0.15, 0.2) is 24.3 Å². The summed E-state index contributed by atoms with van der Waals surface area (Å²) in [4.78, 5) is 7.48. The molecule has 2 aromatic rings. The van der Waals surface area contributed by atoms with E-state index >= 15 is 0 Å². The molecular weight excluding hydrogens is 282 g/mol. The summed E-state index contributed by atoms with van der Waals surface area (Å²) in [7, 11) is 0. The average Bonchev–Trinajstić information content (AvgIpc) is 3.24. The Kier molecular flexibility index (Phi) is 4.47. The number of pyridine rings is 1. The Bertz CT molecular complexity index is 674. The maximum Gasteiger partial charge on any atom is 0.0726 e. The Labute approximate surface area is 139 Å². The molecule has 0 bridgehead atoms. The molecule has 1 saturated heterocycles. The molecule has 2 heterocycles. The van der Waals surface area contributed by atoms with Crippen molar-refractivity contribution in [1.82, 2.24) is 9.88 Å². The van der Waals surface area contributed by atoms with E-state index in [9.17, 15) is 0 Å². The summed E-state index contributed by atoms with van der Waals surface area (Å²) < 4.78 is 0. The van der Waals surface area contributed by atoms with Gasteiger partial charge in [0.05, 0.1) is 5.52 Å². The summed E-state index contributed by atoms with van der Waals surface area (Å²) in [5.74, 6) is 0. The number of unbranched alkanes of at least 4 members (excludes halogenated alkanes) is 1. The van der Waals surface area contributed by atoms with E-state index in [2.05, 4.69) is 34.5 Å². The number of anilines is 1. The molecule has 0 amide bonds. The summed E-state index contributed by atoms with van der Waals surface area (Å²) in [6, 6.07) is 8.58. The van der Waals surface area contributed by atoms with Gasteiger partial charge in [-0.3, -0.25) is 4.98 Å². The average molecular weight is 309 g/mol. The van der Waals surface area contributed by atoms with Crippen LogP contribution in [0, 0.1) is 0 Å². The lowest BCUT2D eigenvalue weighted by atomic mass is 10.1. The fourth-order valence-electron chi connectivity index (χ4n) is 4.09. The van der Waals surface area contributed by atoms with Crippen molar-refractivity contribution in [3.63, 3.8) is 0 Å². The Morgan fingerprint density at radius 2 is 1.87 bits per heavy atom. The normalized spacial score (nSPS) is 17.7. The number of benzene rings is 1. The molecule has 0 unspecified atom stereocenters. The number of aromatic nitrogens is 1. The van der Waals surface area contributed by atoms with E-state index in [1.165, 1.54) is 80.5 Å². The topological polar surface area (TPSA) is 28.2 Å². The van der Waals surface area contributed by atoms with Gasteiger partial charge in [-0.05, 0) is 76.2 Å². The van der Waals surface area contributed by atoms with Crippen molar-refractivity contribution in [2.24, 2.45) is 0 Å². The number of aryl methyl sites for hydroxylation is 1. The highest BCUT2D eigenvalue weighted by Gasteiger charge is 2.19. The lowest BCUT2D eigenvalue weighted by Gasteiger charge is -2.16. The smallest absolute Gasteiger partial charge is 0.0726 e. The van der Waals surface area contributed by atoms with Crippen LogP contribution in [0.2, 0.25) is 0 Å². The fourth-order valence-corrected chi connectivity index (χ4v) is 4.09. The molecule has 1 aromatic heterocycles. The maximum atomic E-state index is 4.87. The first-order chi connectivity index (χ1) is 11.4. The van der Waals surface area contributed by atoms with Crippen molar-refractivity contribution in [1.29, 1.82) is 0 Å². The van der Waals surface area contributed by atoms with Crippen LogP contribution in [0.4, 0.5) is 5.69 Å². The predicted molar refractivity (Wildman–Crippen MR) is 97.2 cm³/mol. The van der Waals surface area contributed by atoms with E-state index in [0.29, 0.717) is 0 Å². The molecule has 1 aliphatic carbocycles. The van der Waals surface area contributed by atoms with Crippen LogP contribution >= 0.6 is 0 Å². The van der Waals surface area contributed by atoms with Crippen LogP contribution < -0.4 is 5.32 Å². The number of hydrogen-bond donors (Lipinski definition) is 1. The second-order valence-electron chi connectivity index (χ2n) is 6.97. The molecular formula is C20H27N3. The highest BCUT2D eigenvalue weighted by molar-refractivity contribution is 5.93. The third kappa shape index (κ3) is 3.20. The molecule has 122 valence electrons. The lowest BCUT2D eigenvalue weighted by molar-refractivity contribution is 0.331. The molecule has 3 nitrogen and oxygen atoms in total. The van der Waals surface area contributed by atoms with Gasteiger partial charge in [0.25, 0.3) is 0 Å². The van der Waals surface area contributed by atoms with Gasteiger partial charge in [-0.25, -0.2) is 0 Å². The third-order valence-corrected chi connectivity index (χ3v) is 5.32. The van der Waals surface area contributed by atoms with Gasteiger partial charge < -0.3 is 10.2 Å². The minimum atomic E-state index is 1.08. The van der Waals surface area contributed by atoms with Gasteiger partial charge in [0.2, 0.25) is 0 Å². The first kappa shape index (κ1) is 14.9. The summed E-state index contributed by atoms with van der Waals surface area (Å²) in [6.45, 7) is 4.98. The van der Waals surface area contributed by atoms with Gasteiger partial charge in [-0.2, -0.15) is 0 Å². The monoisotopic (exact) mass is 309 g/mol. The minimum absolute atomic E-state index is 1.08. The zero-order valence-electron chi connectivity index (χ0n) is 14.0. The van der Waals surface area contributed by atoms with Gasteiger partial charge in [0, 0.05) is 23.3 Å². The number of nitrogens with zero attached hydrogens (tertiary/aromatic N) is 2. The molecule has 4 rings (SSSR count). The number of para-hydroxylation sites is 1. The van der Waals surface area contributed by atoms with Crippen LogP contribution in [0.5, 0.6) is 0 Å². The molecule has 0 spiro atoms. The van der Waals surface area contributed by atoms with Crippen molar-refractivity contribution in [3.05, 3.63) is 35.5 Å². The van der Waals surface area contributed by atoms with Crippen LogP contribution in [0.1, 0.15) is 43.4 Å². The second kappa shape index (κ2) is 6.88. The number of nitrogens with one attached hydrogen (secondary N) is 1. The van der Waals surface area contributed by atoms with E-state index < -0.39 is 0 Å².